The van der Waals surface area contributed by atoms with E-state index in [2.05, 4.69) is 36.1 Å². The van der Waals surface area contributed by atoms with E-state index in [1.54, 1.807) is 6.92 Å². The van der Waals surface area contributed by atoms with Gasteiger partial charge >= 0.3 is 5.97 Å². The van der Waals surface area contributed by atoms with Gasteiger partial charge in [-0.25, -0.2) is 0 Å². The van der Waals surface area contributed by atoms with Crippen molar-refractivity contribution in [1.82, 2.24) is 0 Å². The first-order valence-corrected chi connectivity index (χ1v) is 13.7. The molecule has 2 fully saturated rings. The van der Waals surface area contributed by atoms with Crippen LogP contribution >= 0.6 is 0 Å². The van der Waals surface area contributed by atoms with Crippen molar-refractivity contribution in [2.45, 2.75) is 76.7 Å². The minimum Gasteiger partial charge on any atom is -0.458 e. The van der Waals surface area contributed by atoms with Crippen LogP contribution in [0.2, 0.25) is 0 Å². The first kappa shape index (κ1) is 25.9. The van der Waals surface area contributed by atoms with Gasteiger partial charge in [0.2, 0.25) is 5.78 Å². The number of ether oxygens (including phenoxy) is 1. The number of rotatable bonds is 6. The topological polar surface area (TPSA) is 83.9 Å². The third-order valence-electron chi connectivity index (χ3n) is 9.81. The smallest absolute Gasteiger partial charge is 0.305 e. The van der Waals surface area contributed by atoms with Gasteiger partial charge in [0.1, 0.15) is 5.60 Å². The molecule has 2 saturated carbocycles. The van der Waals surface area contributed by atoms with Crippen LogP contribution in [0.4, 0.5) is 5.69 Å². The maximum atomic E-state index is 13.4. The average Bonchev–Trinajstić information content (AvgIpc) is 3.17. The van der Waals surface area contributed by atoms with E-state index in [1.165, 1.54) is 22.3 Å². The lowest BCUT2D eigenvalue weighted by Crippen LogP contribution is -2.56. The van der Waals surface area contributed by atoms with Gasteiger partial charge in [0, 0.05) is 44.0 Å². The molecule has 4 aliphatic rings. The van der Waals surface area contributed by atoms with Crippen LogP contribution in [0, 0.1) is 17.3 Å². The third-order valence-corrected chi connectivity index (χ3v) is 9.81. The summed E-state index contributed by atoms with van der Waals surface area (Å²) >= 11 is 0. The average molecular weight is 506 g/mol. The first-order valence-electron chi connectivity index (χ1n) is 13.7. The number of benzene rings is 1. The number of esters is 1. The van der Waals surface area contributed by atoms with Crippen molar-refractivity contribution in [1.29, 1.82) is 0 Å². The molecule has 0 bridgehead atoms. The van der Waals surface area contributed by atoms with Crippen molar-refractivity contribution in [3.8, 4) is 0 Å². The van der Waals surface area contributed by atoms with Gasteiger partial charge in [-0.1, -0.05) is 31.6 Å². The van der Waals surface area contributed by atoms with Gasteiger partial charge in [-0.3, -0.25) is 14.4 Å². The van der Waals surface area contributed by atoms with Crippen LogP contribution in [0.3, 0.4) is 0 Å². The molecular formula is C31H39NO5. The fraction of sp³-hybridized carbons (Fsp3) is 0.581. The number of nitrogens with zero attached hydrogens (tertiary/aromatic N) is 1. The Labute approximate surface area is 219 Å². The molecule has 0 heterocycles. The Morgan fingerprint density at radius 2 is 1.84 bits per heavy atom. The Hall–Kier alpha value is -2.73. The number of hydrogen-bond donors (Lipinski definition) is 1. The molecule has 0 aromatic heterocycles. The lowest BCUT2D eigenvalue weighted by atomic mass is 9.50. The summed E-state index contributed by atoms with van der Waals surface area (Å²) in [6, 6.07) is 8.62. The Balaban J connectivity index is 1.58. The summed E-state index contributed by atoms with van der Waals surface area (Å²) in [4.78, 5) is 39.5. The molecule has 5 rings (SSSR count). The number of allylic oxidation sites excluding steroid dienone is 4. The van der Waals surface area contributed by atoms with Crippen LogP contribution in [0.5, 0.6) is 0 Å². The van der Waals surface area contributed by atoms with Crippen molar-refractivity contribution in [2.75, 3.05) is 25.6 Å². The number of fused-ring (bicyclic) bond motifs is 4. The van der Waals surface area contributed by atoms with Crippen LogP contribution < -0.4 is 4.90 Å². The van der Waals surface area contributed by atoms with Crippen LogP contribution in [0.25, 0.3) is 0 Å². The summed E-state index contributed by atoms with van der Waals surface area (Å²) in [5.41, 5.74) is 4.12. The van der Waals surface area contributed by atoms with Gasteiger partial charge in [0.25, 0.3) is 0 Å². The predicted molar refractivity (Wildman–Crippen MR) is 142 cm³/mol. The van der Waals surface area contributed by atoms with Crippen LogP contribution in [0.15, 0.2) is 47.1 Å². The number of anilines is 1. The lowest BCUT2D eigenvalue weighted by molar-refractivity contribution is -0.165. The lowest BCUT2D eigenvalue weighted by Gasteiger charge is -2.54. The minimum absolute atomic E-state index is 0.0602. The quantitative estimate of drug-likeness (QED) is 0.554. The molecule has 37 heavy (non-hydrogen) atoms. The van der Waals surface area contributed by atoms with Crippen LogP contribution in [-0.4, -0.2) is 48.9 Å². The number of ketones is 2. The highest BCUT2D eigenvalue weighted by atomic mass is 16.5. The largest absolute Gasteiger partial charge is 0.458 e. The van der Waals surface area contributed by atoms with E-state index in [9.17, 15) is 19.5 Å². The molecule has 4 aliphatic carbocycles. The van der Waals surface area contributed by atoms with E-state index < -0.39 is 17.0 Å². The molecule has 0 radical (unpaired) electrons. The minimum atomic E-state index is -1.53. The number of Topliss-reactive ketones (excluding diaryl/α,β-unsaturated/α-hetero) is 1. The van der Waals surface area contributed by atoms with E-state index in [0.717, 1.165) is 31.4 Å². The summed E-state index contributed by atoms with van der Waals surface area (Å²) in [7, 11) is 4.05. The standard InChI is InChI=1S/C31H39NO5/c1-5-28(35)37-18-27(34)31(36)15-14-26-24-12-8-20-16-22(33)11-13-23(20)29(24)25(17-30(26,31)2)19-6-9-21(10-7-19)32(3)4/h6-7,9-10,16,24-26,36H,5,8,11-15,17-18H2,1-4H3/t24-,25+,26-,30-,31-/m0/s1. The van der Waals surface area contributed by atoms with Crippen LogP contribution in [0.1, 0.15) is 76.7 Å². The zero-order valence-electron chi connectivity index (χ0n) is 22.5. The summed E-state index contributed by atoms with van der Waals surface area (Å²) in [5.74, 6) is -0.0980. The van der Waals surface area contributed by atoms with E-state index in [0.29, 0.717) is 19.3 Å². The zero-order valence-corrected chi connectivity index (χ0v) is 22.5. The molecule has 0 saturated heterocycles. The van der Waals surface area contributed by atoms with Gasteiger partial charge < -0.3 is 14.7 Å². The SMILES string of the molecule is CCC(=O)OCC(=O)[C@@]1(O)CC[C@H]2[C@@H]3CCC4=CC(=O)CCC4=C3[C@@H](c3ccc(N(C)C)cc3)C[C@@]21C. The molecule has 6 heteroatoms. The van der Waals surface area contributed by atoms with Gasteiger partial charge in [0.15, 0.2) is 12.4 Å². The van der Waals surface area contributed by atoms with Gasteiger partial charge in [-0.2, -0.15) is 0 Å². The number of aliphatic hydroxyl groups is 1. The van der Waals surface area contributed by atoms with Crippen molar-refractivity contribution in [3.05, 3.63) is 52.6 Å². The highest BCUT2D eigenvalue weighted by Crippen LogP contribution is 2.66. The second-order valence-corrected chi connectivity index (χ2v) is 11.8. The molecule has 0 spiro atoms. The Bertz CT molecular complexity index is 1180. The number of carbonyl (C=O) groups is 3. The second-order valence-electron chi connectivity index (χ2n) is 11.8. The molecule has 198 valence electrons. The van der Waals surface area contributed by atoms with Crippen LogP contribution in [-0.2, 0) is 19.1 Å². The van der Waals surface area contributed by atoms with Crippen molar-refractivity contribution < 1.29 is 24.2 Å². The van der Waals surface area contributed by atoms with E-state index >= 15 is 0 Å². The third kappa shape index (κ3) is 4.18. The second kappa shape index (κ2) is 9.54. The molecule has 1 aromatic rings. The summed E-state index contributed by atoms with van der Waals surface area (Å²) in [6.07, 6.45) is 7.01. The molecule has 1 aromatic carbocycles. The highest BCUT2D eigenvalue weighted by Gasteiger charge is 2.65. The number of hydrogen-bond acceptors (Lipinski definition) is 6. The van der Waals surface area contributed by atoms with E-state index in [-0.39, 0.29) is 42.3 Å². The molecule has 6 nitrogen and oxygen atoms in total. The summed E-state index contributed by atoms with van der Waals surface area (Å²) in [5, 5.41) is 12.0. The maximum Gasteiger partial charge on any atom is 0.305 e. The van der Waals surface area contributed by atoms with Gasteiger partial charge in [-0.15, -0.1) is 0 Å². The molecule has 0 aliphatic heterocycles. The predicted octanol–water partition coefficient (Wildman–Crippen LogP) is 4.91. The Morgan fingerprint density at radius 1 is 1.11 bits per heavy atom. The Morgan fingerprint density at radius 3 is 2.51 bits per heavy atom. The molecular weight excluding hydrogens is 466 g/mol. The highest BCUT2D eigenvalue weighted by molar-refractivity contribution is 5.93. The zero-order chi connectivity index (χ0) is 26.5. The molecule has 0 amide bonds. The molecule has 1 N–H and O–H groups in total. The maximum absolute atomic E-state index is 13.4. The van der Waals surface area contributed by atoms with E-state index in [4.69, 9.17) is 4.74 Å². The van der Waals surface area contributed by atoms with E-state index in [1.807, 2.05) is 20.2 Å². The first-order chi connectivity index (χ1) is 17.6. The van der Waals surface area contributed by atoms with Gasteiger partial charge in [0.05, 0.1) is 0 Å². The van der Waals surface area contributed by atoms with Gasteiger partial charge in [-0.05, 0) is 85.3 Å². The summed E-state index contributed by atoms with van der Waals surface area (Å²) in [6.45, 7) is 3.41. The number of carbonyl (C=O) groups excluding carboxylic acids is 3. The van der Waals surface area contributed by atoms with Crippen molar-refractivity contribution >= 4 is 23.2 Å². The monoisotopic (exact) mass is 505 g/mol. The normalized spacial score (nSPS) is 32.7. The van der Waals surface area contributed by atoms with Crippen molar-refractivity contribution in [3.63, 3.8) is 0 Å². The fourth-order valence-corrected chi connectivity index (χ4v) is 7.79. The Kier molecular flexibility index (Phi) is 6.68. The molecule has 5 atom stereocenters. The summed E-state index contributed by atoms with van der Waals surface area (Å²) < 4.78 is 5.19. The fourth-order valence-electron chi connectivity index (χ4n) is 7.79. The van der Waals surface area contributed by atoms with Crippen molar-refractivity contribution in [2.24, 2.45) is 17.3 Å². The molecule has 0 unspecified atom stereocenters.